The Hall–Kier alpha value is -2.41. The maximum atomic E-state index is 5.47. The number of hydrogen-bond acceptors (Lipinski definition) is 6. The van der Waals surface area contributed by atoms with E-state index in [2.05, 4.69) is 25.5 Å². The molecule has 0 bridgehead atoms. The standard InChI is InChI=1S/C14H16N6O/c1-19-12(10-4-2-3-5-11(10)17-19)13-16-14(18-21-13)20-8-6-15-7-9-20/h2-5,15H,6-9H2,1H3. The highest BCUT2D eigenvalue weighted by atomic mass is 16.5. The van der Waals surface area contributed by atoms with Crippen LogP contribution in [0.4, 0.5) is 5.95 Å². The van der Waals surface area contributed by atoms with E-state index in [1.165, 1.54) is 0 Å². The Morgan fingerprint density at radius 3 is 2.86 bits per heavy atom. The third-order valence-corrected chi connectivity index (χ3v) is 3.76. The lowest BCUT2D eigenvalue weighted by Crippen LogP contribution is -2.44. The number of fused-ring (bicyclic) bond motifs is 1. The molecule has 0 spiro atoms. The summed E-state index contributed by atoms with van der Waals surface area (Å²) < 4.78 is 7.26. The highest BCUT2D eigenvalue weighted by Gasteiger charge is 2.20. The van der Waals surface area contributed by atoms with Crippen LogP contribution in [0.25, 0.3) is 22.5 Å². The van der Waals surface area contributed by atoms with Crippen molar-refractivity contribution in [2.45, 2.75) is 0 Å². The summed E-state index contributed by atoms with van der Waals surface area (Å²) in [6.07, 6.45) is 0. The molecule has 3 heterocycles. The number of anilines is 1. The van der Waals surface area contributed by atoms with Crippen LogP contribution in [0, 0.1) is 0 Å². The summed E-state index contributed by atoms with van der Waals surface area (Å²) >= 11 is 0. The van der Waals surface area contributed by atoms with E-state index in [-0.39, 0.29) is 0 Å². The van der Waals surface area contributed by atoms with Gasteiger partial charge in [0.05, 0.1) is 5.52 Å². The second kappa shape index (κ2) is 4.85. The molecule has 1 aliphatic rings. The molecule has 7 heteroatoms. The maximum Gasteiger partial charge on any atom is 0.278 e. The molecule has 1 N–H and O–H groups in total. The topological polar surface area (TPSA) is 72.0 Å². The Bertz CT molecular complexity index is 771. The van der Waals surface area contributed by atoms with Crippen LogP contribution in [0.2, 0.25) is 0 Å². The first-order valence-electron chi connectivity index (χ1n) is 7.04. The van der Waals surface area contributed by atoms with Gasteiger partial charge in [-0.25, -0.2) is 0 Å². The number of piperazine rings is 1. The number of aryl methyl sites for hydroxylation is 1. The van der Waals surface area contributed by atoms with Crippen LogP contribution in [0.15, 0.2) is 28.8 Å². The number of aromatic nitrogens is 4. The zero-order valence-corrected chi connectivity index (χ0v) is 11.8. The summed E-state index contributed by atoms with van der Waals surface area (Å²) in [6, 6.07) is 7.96. The van der Waals surface area contributed by atoms with Gasteiger partial charge in [-0.3, -0.25) is 4.68 Å². The maximum absolute atomic E-state index is 5.47. The molecule has 1 fully saturated rings. The quantitative estimate of drug-likeness (QED) is 0.758. The van der Waals surface area contributed by atoms with Crippen molar-refractivity contribution in [3.8, 4) is 11.6 Å². The fraction of sp³-hybridized carbons (Fsp3) is 0.357. The third-order valence-electron chi connectivity index (χ3n) is 3.76. The molecule has 1 aliphatic heterocycles. The van der Waals surface area contributed by atoms with Gasteiger partial charge in [-0.1, -0.05) is 18.2 Å². The van der Waals surface area contributed by atoms with E-state index >= 15 is 0 Å². The Labute approximate surface area is 121 Å². The van der Waals surface area contributed by atoms with E-state index in [0.717, 1.165) is 42.8 Å². The van der Waals surface area contributed by atoms with Crippen molar-refractivity contribution in [3.05, 3.63) is 24.3 Å². The molecule has 0 saturated carbocycles. The van der Waals surface area contributed by atoms with Gasteiger partial charge in [-0.15, -0.1) is 0 Å². The van der Waals surface area contributed by atoms with Gasteiger partial charge in [0.15, 0.2) is 0 Å². The van der Waals surface area contributed by atoms with Crippen molar-refractivity contribution >= 4 is 16.9 Å². The minimum Gasteiger partial charge on any atom is -0.336 e. The van der Waals surface area contributed by atoms with E-state index in [1.807, 2.05) is 31.3 Å². The molecule has 1 aromatic carbocycles. The lowest BCUT2D eigenvalue weighted by Gasteiger charge is -2.25. The SMILES string of the molecule is Cn1nc2ccccc2c1-c1nc(N2CCNCC2)no1. The zero-order valence-electron chi connectivity index (χ0n) is 11.8. The minimum absolute atomic E-state index is 0.514. The summed E-state index contributed by atoms with van der Waals surface area (Å²) in [5, 5.41) is 12.9. The van der Waals surface area contributed by atoms with Crippen LogP contribution >= 0.6 is 0 Å². The van der Waals surface area contributed by atoms with Crippen molar-refractivity contribution in [2.75, 3.05) is 31.1 Å². The lowest BCUT2D eigenvalue weighted by atomic mass is 10.2. The van der Waals surface area contributed by atoms with Crippen molar-refractivity contribution < 1.29 is 4.52 Å². The van der Waals surface area contributed by atoms with Gasteiger partial charge in [0.1, 0.15) is 5.69 Å². The van der Waals surface area contributed by atoms with Gasteiger partial charge < -0.3 is 14.7 Å². The summed E-state index contributed by atoms with van der Waals surface area (Å²) in [4.78, 5) is 6.67. The molecule has 0 unspecified atom stereocenters. The Morgan fingerprint density at radius 2 is 2.00 bits per heavy atom. The fourth-order valence-corrected chi connectivity index (χ4v) is 2.71. The summed E-state index contributed by atoms with van der Waals surface area (Å²) in [5.41, 5.74) is 1.79. The lowest BCUT2D eigenvalue weighted by molar-refractivity contribution is 0.424. The minimum atomic E-state index is 0.514. The largest absolute Gasteiger partial charge is 0.336 e. The normalized spacial score (nSPS) is 15.8. The third kappa shape index (κ3) is 2.06. The Kier molecular flexibility index (Phi) is 2.85. The Morgan fingerprint density at radius 1 is 1.19 bits per heavy atom. The monoisotopic (exact) mass is 284 g/mol. The molecule has 4 rings (SSSR count). The summed E-state index contributed by atoms with van der Waals surface area (Å²) in [7, 11) is 1.89. The Balaban J connectivity index is 1.75. The molecule has 0 radical (unpaired) electrons. The van der Waals surface area contributed by atoms with E-state index in [9.17, 15) is 0 Å². The number of nitrogens with zero attached hydrogens (tertiary/aromatic N) is 5. The average Bonchev–Trinajstić information content (AvgIpc) is 3.11. The van der Waals surface area contributed by atoms with E-state index < -0.39 is 0 Å². The second-order valence-electron chi connectivity index (χ2n) is 5.13. The number of hydrogen-bond donors (Lipinski definition) is 1. The molecule has 21 heavy (non-hydrogen) atoms. The molecule has 0 amide bonds. The van der Waals surface area contributed by atoms with E-state index in [1.54, 1.807) is 4.68 Å². The van der Waals surface area contributed by atoms with Gasteiger partial charge in [0.25, 0.3) is 11.8 Å². The van der Waals surface area contributed by atoms with Crippen molar-refractivity contribution in [1.29, 1.82) is 0 Å². The first kappa shape index (κ1) is 12.3. The highest BCUT2D eigenvalue weighted by molar-refractivity contribution is 5.91. The van der Waals surface area contributed by atoms with Gasteiger partial charge >= 0.3 is 0 Å². The molecule has 108 valence electrons. The van der Waals surface area contributed by atoms with Crippen LogP contribution in [0.3, 0.4) is 0 Å². The van der Waals surface area contributed by atoms with Crippen molar-refractivity contribution in [1.82, 2.24) is 25.2 Å². The van der Waals surface area contributed by atoms with Gasteiger partial charge in [0, 0.05) is 38.6 Å². The first-order chi connectivity index (χ1) is 10.3. The number of nitrogens with one attached hydrogen (secondary N) is 1. The molecular formula is C14H16N6O. The molecule has 1 saturated heterocycles. The molecule has 7 nitrogen and oxygen atoms in total. The summed E-state index contributed by atoms with van der Waals surface area (Å²) in [5.74, 6) is 1.16. The number of benzene rings is 1. The molecular weight excluding hydrogens is 268 g/mol. The smallest absolute Gasteiger partial charge is 0.278 e. The van der Waals surface area contributed by atoms with Gasteiger partial charge in [-0.05, 0) is 11.2 Å². The molecule has 0 aliphatic carbocycles. The van der Waals surface area contributed by atoms with Crippen LogP contribution in [-0.2, 0) is 7.05 Å². The fourth-order valence-electron chi connectivity index (χ4n) is 2.71. The molecule has 3 aromatic rings. The van der Waals surface area contributed by atoms with E-state index in [4.69, 9.17) is 4.52 Å². The van der Waals surface area contributed by atoms with Crippen LogP contribution in [0.5, 0.6) is 0 Å². The first-order valence-corrected chi connectivity index (χ1v) is 7.04. The molecule has 0 atom stereocenters. The predicted octanol–water partition coefficient (Wildman–Crippen LogP) is 1.03. The molecule has 2 aromatic heterocycles. The number of rotatable bonds is 2. The zero-order chi connectivity index (χ0) is 14.2. The van der Waals surface area contributed by atoms with Crippen LogP contribution < -0.4 is 10.2 Å². The predicted molar refractivity (Wildman–Crippen MR) is 79.1 cm³/mol. The van der Waals surface area contributed by atoms with E-state index in [0.29, 0.717) is 11.8 Å². The van der Waals surface area contributed by atoms with Gasteiger partial charge in [0.2, 0.25) is 0 Å². The van der Waals surface area contributed by atoms with Crippen molar-refractivity contribution in [2.24, 2.45) is 7.05 Å². The van der Waals surface area contributed by atoms with Crippen molar-refractivity contribution in [3.63, 3.8) is 0 Å². The van der Waals surface area contributed by atoms with Crippen LogP contribution in [-0.4, -0.2) is 46.1 Å². The van der Waals surface area contributed by atoms with Gasteiger partial charge in [-0.2, -0.15) is 10.1 Å². The second-order valence-corrected chi connectivity index (χ2v) is 5.13. The summed E-state index contributed by atoms with van der Waals surface area (Å²) in [6.45, 7) is 3.67. The highest BCUT2D eigenvalue weighted by Crippen LogP contribution is 2.27. The van der Waals surface area contributed by atoms with Crippen LogP contribution in [0.1, 0.15) is 0 Å². The average molecular weight is 284 g/mol.